The monoisotopic (exact) mass is 422 g/mol. The minimum Gasteiger partial charge on any atom is -0.478 e. The van der Waals surface area contributed by atoms with Crippen LogP contribution >= 0.6 is 0 Å². The Balaban J connectivity index is 3.93. The van der Waals surface area contributed by atoms with Crippen molar-refractivity contribution >= 4 is 5.97 Å². The predicted octanol–water partition coefficient (Wildman–Crippen LogP) is 9.87. The molecule has 178 valence electrons. The minimum absolute atomic E-state index is 0.513. The first-order valence-corrected chi connectivity index (χ1v) is 13.5. The molecule has 0 aromatic carbocycles. The second-order valence-corrected chi connectivity index (χ2v) is 9.53. The zero-order chi connectivity index (χ0) is 22.3. The van der Waals surface area contributed by atoms with Crippen LogP contribution in [0, 0.1) is 5.92 Å². The van der Waals surface area contributed by atoms with E-state index in [9.17, 15) is 4.79 Å². The van der Waals surface area contributed by atoms with E-state index in [2.05, 4.69) is 13.8 Å². The maximum Gasteiger partial charge on any atom is 0.330 e. The molecule has 0 aromatic rings. The number of carbonyl (C=O) groups is 1. The van der Waals surface area contributed by atoms with E-state index in [1.807, 2.05) is 6.08 Å². The van der Waals surface area contributed by atoms with E-state index in [0.29, 0.717) is 11.5 Å². The van der Waals surface area contributed by atoms with Gasteiger partial charge < -0.3 is 5.11 Å². The number of allylic oxidation sites excluding steroid dienone is 1. The lowest BCUT2D eigenvalue weighted by atomic mass is 9.90. The Kier molecular flexibility index (Phi) is 22.3. The van der Waals surface area contributed by atoms with Gasteiger partial charge in [0.2, 0.25) is 0 Å². The van der Waals surface area contributed by atoms with Crippen molar-refractivity contribution < 1.29 is 9.90 Å². The van der Waals surface area contributed by atoms with Crippen LogP contribution in [0.15, 0.2) is 11.6 Å². The van der Waals surface area contributed by atoms with Gasteiger partial charge in [-0.05, 0) is 19.3 Å². The van der Waals surface area contributed by atoms with Crippen LogP contribution in [0.5, 0.6) is 0 Å². The highest BCUT2D eigenvalue weighted by Crippen LogP contribution is 2.23. The third-order valence-electron chi connectivity index (χ3n) is 6.53. The molecule has 0 aliphatic heterocycles. The first-order chi connectivity index (χ1) is 14.6. The zero-order valence-electron chi connectivity index (χ0n) is 20.9. The fourth-order valence-corrected chi connectivity index (χ4v) is 4.30. The lowest BCUT2D eigenvalue weighted by Crippen LogP contribution is -2.02. The molecule has 0 fully saturated rings. The average molecular weight is 423 g/mol. The third kappa shape index (κ3) is 20.5. The molecule has 2 heteroatoms. The van der Waals surface area contributed by atoms with Gasteiger partial charge in [0.25, 0.3) is 0 Å². The number of rotatable bonds is 23. The number of carboxylic acids is 1. The summed E-state index contributed by atoms with van der Waals surface area (Å²) in [6.07, 6.45) is 30.2. The van der Waals surface area contributed by atoms with Crippen LogP contribution in [0.4, 0.5) is 0 Å². The number of unbranched alkanes of at least 4 members (excludes halogenated alkanes) is 16. The van der Waals surface area contributed by atoms with Crippen LogP contribution in [0.25, 0.3) is 0 Å². The number of aliphatic carboxylic acids is 1. The molecule has 1 atom stereocenters. The summed E-state index contributed by atoms with van der Waals surface area (Å²) < 4.78 is 0. The van der Waals surface area contributed by atoms with Crippen molar-refractivity contribution in [2.45, 2.75) is 156 Å². The van der Waals surface area contributed by atoms with Gasteiger partial charge >= 0.3 is 5.97 Å². The molecule has 1 unspecified atom stereocenters. The first-order valence-electron chi connectivity index (χ1n) is 13.5. The molecule has 0 spiro atoms. The van der Waals surface area contributed by atoms with E-state index in [4.69, 9.17) is 5.11 Å². The fraction of sp³-hybridized carbons (Fsp3) is 0.893. The lowest BCUT2D eigenvalue weighted by Gasteiger charge is -2.15. The molecule has 0 saturated heterocycles. The SMILES string of the molecule is CCCCCCCCCCCCC(CC=C(C)C(=O)O)CCCCCCCCCC. The van der Waals surface area contributed by atoms with E-state index in [1.54, 1.807) is 6.92 Å². The Labute approximate surface area is 189 Å². The molecule has 2 nitrogen and oxygen atoms in total. The maximum absolute atomic E-state index is 11.1. The normalized spacial score (nSPS) is 13.0. The van der Waals surface area contributed by atoms with Crippen LogP contribution in [-0.4, -0.2) is 11.1 Å². The molecular formula is C28H54O2. The van der Waals surface area contributed by atoms with Crippen molar-refractivity contribution in [1.29, 1.82) is 0 Å². The topological polar surface area (TPSA) is 37.3 Å². The van der Waals surface area contributed by atoms with Crippen molar-refractivity contribution in [1.82, 2.24) is 0 Å². The van der Waals surface area contributed by atoms with Gasteiger partial charge in [0.05, 0.1) is 0 Å². The number of hydrogen-bond donors (Lipinski definition) is 1. The van der Waals surface area contributed by atoms with Gasteiger partial charge in [0.15, 0.2) is 0 Å². The van der Waals surface area contributed by atoms with E-state index in [1.165, 1.54) is 128 Å². The highest BCUT2D eigenvalue weighted by molar-refractivity contribution is 5.85. The Hall–Kier alpha value is -0.790. The smallest absolute Gasteiger partial charge is 0.330 e. The summed E-state index contributed by atoms with van der Waals surface area (Å²) in [7, 11) is 0. The molecule has 0 amide bonds. The summed E-state index contributed by atoms with van der Waals surface area (Å²) >= 11 is 0. The maximum atomic E-state index is 11.1. The molecule has 0 rings (SSSR count). The Bertz CT molecular complexity index is 399. The Morgan fingerprint density at radius 2 is 0.967 bits per heavy atom. The third-order valence-corrected chi connectivity index (χ3v) is 6.53. The van der Waals surface area contributed by atoms with Gasteiger partial charge in [-0.15, -0.1) is 0 Å². The Morgan fingerprint density at radius 3 is 1.30 bits per heavy atom. The van der Waals surface area contributed by atoms with Crippen molar-refractivity contribution in [2.75, 3.05) is 0 Å². The van der Waals surface area contributed by atoms with Crippen molar-refractivity contribution in [3.8, 4) is 0 Å². The standard InChI is InChI=1S/C28H54O2/c1-4-6-8-10-12-14-15-17-19-21-23-27(25-24-26(3)28(29)30)22-20-18-16-13-11-9-7-5-2/h24,27H,4-23,25H2,1-3H3,(H,29,30). The van der Waals surface area contributed by atoms with Crippen LogP contribution < -0.4 is 0 Å². The quantitative estimate of drug-likeness (QED) is 0.131. The van der Waals surface area contributed by atoms with E-state index in [-0.39, 0.29) is 0 Å². The molecule has 30 heavy (non-hydrogen) atoms. The van der Waals surface area contributed by atoms with Gasteiger partial charge in [-0.1, -0.05) is 148 Å². The largest absolute Gasteiger partial charge is 0.478 e. The summed E-state index contributed by atoms with van der Waals surface area (Å²) in [5.74, 6) is -0.0896. The number of hydrogen-bond acceptors (Lipinski definition) is 1. The first kappa shape index (κ1) is 29.2. The predicted molar refractivity (Wildman–Crippen MR) is 133 cm³/mol. The van der Waals surface area contributed by atoms with Crippen LogP contribution in [0.3, 0.4) is 0 Å². The van der Waals surface area contributed by atoms with Gasteiger partial charge in [0.1, 0.15) is 0 Å². The van der Waals surface area contributed by atoms with E-state index < -0.39 is 5.97 Å². The van der Waals surface area contributed by atoms with Gasteiger partial charge in [-0.2, -0.15) is 0 Å². The van der Waals surface area contributed by atoms with Crippen LogP contribution in [-0.2, 0) is 4.79 Å². The molecule has 0 heterocycles. The molecule has 1 N–H and O–H groups in total. The summed E-state index contributed by atoms with van der Waals surface area (Å²) in [6.45, 7) is 6.28. The zero-order valence-corrected chi connectivity index (χ0v) is 20.9. The van der Waals surface area contributed by atoms with Crippen molar-refractivity contribution in [3.05, 3.63) is 11.6 Å². The summed E-state index contributed by atoms with van der Waals surface area (Å²) in [6, 6.07) is 0. The highest BCUT2D eigenvalue weighted by Gasteiger charge is 2.09. The summed E-state index contributed by atoms with van der Waals surface area (Å²) in [4.78, 5) is 11.1. The molecule has 0 aromatic heterocycles. The lowest BCUT2D eigenvalue weighted by molar-refractivity contribution is -0.132. The average Bonchev–Trinajstić information content (AvgIpc) is 2.74. The van der Waals surface area contributed by atoms with Gasteiger partial charge in [-0.25, -0.2) is 4.79 Å². The second-order valence-electron chi connectivity index (χ2n) is 9.53. The van der Waals surface area contributed by atoms with Gasteiger partial charge in [0, 0.05) is 5.57 Å². The van der Waals surface area contributed by atoms with Crippen molar-refractivity contribution in [2.24, 2.45) is 5.92 Å². The highest BCUT2D eigenvalue weighted by atomic mass is 16.4. The summed E-state index contributed by atoms with van der Waals surface area (Å²) in [5.41, 5.74) is 0.513. The molecule has 0 aliphatic carbocycles. The second kappa shape index (κ2) is 22.9. The molecule has 0 saturated carbocycles. The molecule has 0 bridgehead atoms. The molecule has 0 radical (unpaired) electrons. The fourth-order valence-electron chi connectivity index (χ4n) is 4.30. The van der Waals surface area contributed by atoms with E-state index >= 15 is 0 Å². The molecular weight excluding hydrogens is 368 g/mol. The van der Waals surface area contributed by atoms with Crippen LogP contribution in [0.2, 0.25) is 0 Å². The van der Waals surface area contributed by atoms with Crippen LogP contribution in [0.1, 0.15) is 156 Å². The molecule has 0 aliphatic rings. The minimum atomic E-state index is -0.764. The van der Waals surface area contributed by atoms with Gasteiger partial charge in [-0.3, -0.25) is 0 Å². The summed E-state index contributed by atoms with van der Waals surface area (Å²) in [5, 5.41) is 9.13. The van der Waals surface area contributed by atoms with E-state index in [0.717, 1.165) is 6.42 Å². The number of carboxylic acid groups (broad SMARTS) is 1. The van der Waals surface area contributed by atoms with Crippen molar-refractivity contribution in [3.63, 3.8) is 0 Å². The Morgan fingerprint density at radius 1 is 0.633 bits per heavy atom.